The van der Waals surface area contributed by atoms with E-state index in [1.165, 1.54) is 0 Å². The van der Waals surface area contributed by atoms with Gasteiger partial charge in [0.05, 0.1) is 5.92 Å². The molecule has 160 valence electrons. The Balaban J connectivity index is 0.00000341. The Morgan fingerprint density at radius 2 is 1.55 bits per heavy atom. The van der Waals surface area contributed by atoms with Crippen LogP contribution < -0.4 is 4.74 Å². The second-order valence-corrected chi connectivity index (χ2v) is 7.64. The van der Waals surface area contributed by atoms with Crippen LogP contribution >= 0.6 is 11.6 Å². The number of carbonyl (C=O) groups excluding carboxylic acids is 1. The molecule has 0 aliphatic heterocycles. The van der Waals surface area contributed by atoms with Crippen LogP contribution in [0.3, 0.4) is 0 Å². The molecule has 0 bridgehead atoms. The lowest BCUT2D eigenvalue weighted by molar-refractivity contribution is -0.150. The van der Waals surface area contributed by atoms with Gasteiger partial charge in [-0.2, -0.15) is 5.26 Å². The average Bonchev–Trinajstić information content (AvgIpc) is 2.74. The summed E-state index contributed by atoms with van der Waals surface area (Å²) < 4.78 is 11.4. The van der Waals surface area contributed by atoms with Gasteiger partial charge in [0.2, 0.25) is 6.10 Å². The van der Waals surface area contributed by atoms with Crippen molar-refractivity contribution in [2.75, 3.05) is 0 Å². The van der Waals surface area contributed by atoms with Gasteiger partial charge in [0.15, 0.2) is 0 Å². The molecule has 0 heterocycles. The maximum absolute atomic E-state index is 13.0. The Hall–Kier alpha value is -3.36. The molecule has 0 spiro atoms. The SMILES string of the molecule is CC(C)C(C(=O)OC(C#N)c1cccc(Oc2ccccc2)c1)c1ccc(Cl)cc1.F. The Kier molecular flexibility index (Phi) is 8.60. The number of hydrogen-bond acceptors (Lipinski definition) is 4. The summed E-state index contributed by atoms with van der Waals surface area (Å²) in [5.41, 5.74) is 1.36. The Morgan fingerprint density at radius 1 is 0.903 bits per heavy atom. The minimum atomic E-state index is -1.04. The van der Waals surface area contributed by atoms with E-state index in [1.54, 1.807) is 36.4 Å². The van der Waals surface area contributed by atoms with Gasteiger partial charge in [0, 0.05) is 10.6 Å². The molecule has 0 amide bonds. The van der Waals surface area contributed by atoms with Gasteiger partial charge in [0.25, 0.3) is 0 Å². The number of benzene rings is 3. The van der Waals surface area contributed by atoms with E-state index in [-0.39, 0.29) is 10.6 Å². The summed E-state index contributed by atoms with van der Waals surface area (Å²) in [7, 11) is 0. The standard InChI is InChI=1S/C25H22ClNO3.FH/c1-17(2)24(18-11-13-20(26)14-12-18)25(28)30-23(16-27)19-7-6-10-22(15-19)29-21-8-4-3-5-9-21;/h3-15,17,23-24H,1-2H3;1H. The maximum atomic E-state index is 13.0. The van der Waals surface area contributed by atoms with Crippen molar-refractivity contribution in [3.05, 3.63) is 95.0 Å². The molecule has 6 heteroatoms. The summed E-state index contributed by atoms with van der Waals surface area (Å²) >= 11 is 5.96. The molecule has 2 atom stereocenters. The van der Waals surface area contributed by atoms with Crippen LogP contribution in [-0.2, 0) is 9.53 Å². The number of para-hydroxylation sites is 1. The Bertz CT molecular complexity index is 1030. The van der Waals surface area contributed by atoms with Gasteiger partial charge in [-0.15, -0.1) is 0 Å². The van der Waals surface area contributed by atoms with E-state index in [1.807, 2.05) is 56.3 Å². The fourth-order valence-corrected chi connectivity index (χ4v) is 3.31. The summed E-state index contributed by atoms with van der Waals surface area (Å²) in [5, 5.41) is 10.2. The van der Waals surface area contributed by atoms with E-state index in [2.05, 4.69) is 6.07 Å². The zero-order valence-corrected chi connectivity index (χ0v) is 18.0. The summed E-state index contributed by atoms with van der Waals surface area (Å²) in [6, 6.07) is 25.5. The van der Waals surface area contributed by atoms with Crippen LogP contribution in [0.2, 0.25) is 5.02 Å². The Morgan fingerprint density at radius 3 is 2.16 bits per heavy atom. The first-order valence-electron chi connectivity index (χ1n) is 9.66. The molecule has 3 rings (SSSR count). The minimum absolute atomic E-state index is 0. The van der Waals surface area contributed by atoms with E-state index in [0.29, 0.717) is 22.1 Å². The molecule has 0 aromatic heterocycles. The van der Waals surface area contributed by atoms with Crippen LogP contribution in [-0.4, -0.2) is 5.97 Å². The molecule has 3 aromatic rings. The number of hydrogen-bond donors (Lipinski definition) is 0. The first-order valence-corrected chi connectivity index (χ1v) is 10.0. The monoisotopic (exact) mass is 439 g/mol. The van der Waals surface area contributed by atoms with E-state index in [9.17, 15) is 10.1 Å². The third-order valence-corrected chi connectivity index (χ3v) is 4.89. The normalized spacial score (nSPS) is 12.2. The van der Waals surface area contributed by atoms with Crippen LogP contribution in [0.4, 0.5) is 4.70 Å². The first-order chi connectivity index (χ1) is 14.5. The van der Waals surface area contributed by atoms with Gasteiger partial charge in [-0.1, -0.05) is 67.9 Å². The third-order valence-electron chi connectivity index (χ3n) is 4.64. The first kappa shape index (κ1) is 23.9. The zero-order chi connectivity index (χ0) is 21.5. The van der Waals surface area contributed by atoms with Crippen LogP contribution in [0.5, 0.6) is 11.5 Å². The molecular formula is C25H23ClFNO3. The summed E-state index contributed by atoms with van der Waals surface area (Å²) in [5.74, 6) is 0.289. The number of rotatable bonds is 7. The second kappa shape index (κ2) is 11.1. The zero-order valence-electron chi connectivity index (χ0n) is 17.2. The summed E-state index contributed by atoms with van der Waals surface area (Å²) in [6.07, 6.45) is -1.04. The van der Waals surface area contributed by atoms with Gasteiger partial charge in [-0.25, -0.2) is 0 Å². The lowest BCUT2D eigenvalue weighted by atomic mass is 9.88. The molecule has 3 aromatic carbocycles. The summed E-state index contributed by atoms with van der Waals surface area (Å²) in [6.45, 7) is 3.88. The highest BCUT2D eigenvalue weighted by Crippen LogP contribution is 2.31. The van der Waals surface area contributed by atoms with Gasteiger partial charge in [-0.3, -0.25) is 9.50 Å². The van der Waals surface area contributed by atoms with Gasteiger partial charge >= 0.3 is 5.97 Å². The second-order valence-electron chi connectivity index (χ2n) is 7.21. The molecular weight excluding hydrogens is 417 g/mol. The molecule has 0 aliphatic rings. The highest BCUT2D eigenvalue weighted by molar-refractivity contribution is 6.30. The van der Waals surface area contributed by atoms with Crippen molar-refractivity contribution in [2.24, 2.45) is 5.92 Å². The van der Waals surface area contributed by atoms with Crippen molar-refractivity contribution in [1.29, 1.82) is 5.26 Å². The molecule has 0 radical (unpaired) electrons. The van der Waals surface area contributed by atoms with Crippen LogP contribution in [0, 0.1) is 17.2 Å². The van der Waals surface area contributed by atoms with E-state index in [0.717, 1.165) is 5.56 Å². The fraction of sp³-hybridized carbons (Fsp3) is 0.200. The average molecular weight is 440 g/mol. The molecule has 4 nitrogen and oxygen atoms in total. The number of nitrogens with zero attached hydrogens (tertiary/aromatic N) is 1. The number of ether oxygens (including phenoxy) is 2. The van der Waals surface area contributed by atoms with Gasteiger partial charge in [-0.05, 0) is 47.9 Å². The number of esters is 1. The number of nitriles is 1. The van der Waals surface area contributed by atoms with Crippen molar-refractivity contribution >= 4 is 17.6 Å². The minimum Gasteiger partial charge on any atom is -0.457 e. The topological polar surface area (TPSA) is 59.3 Å². The van der Waals surface area contributed by atoms with E-state index < -0.39 is 18.0 Å². The fourth-order valence-electron chi connectivity index (χ4n) is 3.19. The largest absolute Gasteiger partial charge is 0.457 e. The molecule has 31 heavy (non-hydrogen) atoms. The third kappa shape index (κ3) is 6.31. The Labute approximate surface area is 186 Å². The lowest BCUT2D eigenvalue weighted by Gasteiger charge is -2.22. The van der Waals surface area contributed by atoms with Crippen LogP contribution in [0.25, 0.3) is 0 Å². The van der Waals surface area contributed by atoms with Gasteiger partial charge in [0.1, 0.15) is 17.6 Å². The van der Waals surface area contributed by atoms with E-state index >= 15 is 0 Å². The lowest BCUT2D eigenvalue weighted by Crippen LogP contribution is -2.22. The highest BCUT2D eigenvalue weighted by atomic mass is 35.5. The molecule has 0 aliphatic carbocycles. The van der Waals surface area contributed by atoms with Crippen molar-refractivity contribution in [1.82, 2.24) is 0 Å². The number of halogens is 2. The smallest absolute Gasteiger partial charge is 0.315 e. The van der Waals surface area contributed by atoms with Crippen LogP contribution in [0.15, 0.2) is 78.9 Å². The van der Waals surface area contributed by atoms with Crippen molar-refractivity contribution in [3.63, 3.8) is 0 Å². The van der Waals surface area contributed by atoms with E-state index in [4.69, 9.17) is 21.1 Å². The summed E-state index contributed by atoms with van der Waals surface area (Å²) in [4.78, 5) is 13.0. The maximum Gasteiger partial charge on any atom is 0.315 e. The number of carbonyl (C=O) groups is 1. The van der Waals surface area contributed by atoms with Crippen LogP contribution in [0.1, 0.15) is 37.0 Å². The van der Waals surface area contributed by atoms with Crippen molar-refractivity contribution in [3.8, 4) is 17.6 Å². The molecule has 0 saturated carbocycles. The highest BCUT2D eigenvalue weighted by Gasteiger charge is 2.29. The predicted molar refractivity (Wildman–Crippen MR) is 119 cm³/mol. The quantitative estimate of drug-likeness (QED) is 0.378. The predicted octanol–water partition coefficient (Wildman–Crippen LogP) is 6.83. The van der Waals surface area contributed by atoms with Crippen molar-refractivity contribution in [2.45, 2.75) is 25.9 Å². The molecule has 0 saturated heterocycles. The molecule has 2 unspecified atom stereocenters. The molecule has 0 N–H and O–H groups in total. The molecule has 0 fully saturated rings. The van der Waals surface area contributed by atoms with Crippen molar-refractivity contribution < 1.29 is 19.0 Å². The van der Waals surface area contributed by atoms with Gasteiger partial charge < -0.3 is 9.47 Å².